The molecular weight excluding hydrogens is 280 g/mol. The van der Waals surface area contributed by atoms with Gasteiger partial charge in [0.05, 0.1) is 29.5 Å². The Hall–Kier alpha value is -2.96. The molecule has 7 nitrogen and oxygen atoms in total. The molecule has 0 spiro atoms. The molecule has 3 aromatic rings. The molecule has 7 heteroatoms. The zero-order chi connectivity index (χ0) is 15.1. The average molecular weight is 296 g/mol. The van der Waals surface area contributed by atoms with Crippen LogP contribution < -0.4 is 10.2 Å². The quantitative estimate of drug-likeness (QED) is 0.755. The SMILES string of the molecule is CCN1C(=O)CNc2ncc(-c3ccc4[nH]ccc4n3)nc21.[HH]. The topological polar surface area (TPSA) is 86.8 Å². The van der Waals surface area contributed by atoms with E-state index in [9.17, 15) is 4.79 Å². The second-order valence-electron chi connectivity index (χ2n) is 5.03. The number of carbonyl (C=O) groups excluding carboxylic acids is 1. The molecule has 2 N–H and O–H groups in total. The van der Waals surface area contributed by atoms with Crippen LogP contribution in [0.4, 0.5) is 11.6 Å². The van der Waals surface area contributed by atoms with Crippen molar-refractivity contribution in [2.24, 2.45) is 0 Å². The number of nitrogens with zero attached hydrogens (tertiary/aromatic N) is 4. The van der Waals surface area contributed by atoms with Crippen molar-refractivity contribution in [3.8, 4) is 11.4 Å². The Balaban J connectivity index is 0.00000156. The van der Waals surface area contributed by atoms with Gasteiger partial charge in [-0.15, -0.1) is 0 Å². The molecule has 1 aliphatic heterocycles. The van der Waals surface area contributed by atoms with Crippen LogP contribution in [0.5, 0.6) is 0 Å². The van der Waals surface area contributed by atoms with Crippen molar-refractivity contribution in [1.29, 1.82) is 0 Å². The maximum atomic E-state index is 12.0. The predicted molar refractivity (Wildman–Crippen MR) is 85.8 cm³/mol. The number of hydrogen-bond donors (Lipinski definition) is 2. The van der Waals surface area contributed by atoms with E-state index in [1.807, 2.05) is 31.3 Å². The highest BCUT2D eigenvalue weighted by molar-refractivity contribution is 6.00. The summed E-state index contributed by atoms with van der Waals surface area (Å²) in [5.41, 5.74) is 3.23. The van der Waals surface area contributed by atoms with Gasteiger partial charge in [-0.25, -0.2) is 15.0 Å². The maximum absolute atomic E-state index is 12.0. The first-order valence-corrected chi connectivity index (χ1v) is 7.12. The smallest absolute Gasteiger partial charge is 0.247 e. The van der Waals surface area contributed by atoms with Crippen molar-refractivity contribution in [3.63, 3.8) is 0 Å². The van der Waals surface area contributed by atoms with Gasteiger partial charge >= 0.3 is 0 Å². The van der Waals surface area contributed by atoms with Crippen LogP contribution in [0.2, 0.25) is 0 Å². The Bertz CT molecular complexity index is 877. The van der Waals surface area contributed by atoms with Crippen LogP contribution >= 0.6 is 0 Å². The fraction of sp³-hybridized carbons (Fsp3) is 0.200. The van der Waals surface area contributed by atoms with Crippen molar-refractivity contribution in [3.05, 3.63) is 30.6 Å². The van der Waals surface area contributed by atoms with Crippen molar-refractivity contribution >= 4 is 28.6 Å². The minimum absolute atomic E-state index is 0. The molecule has 22 heavy (non-hydrogen) atoms. The number of aromatic nitrogens is 4. The normalized spacial score (nSPS) is 14.0. The van der Waals surface area contributed by atoms with Crippen LogP contribution in [-0.2, 0) is 4.79 Å². The van der Waals surface area contributed by atoms with Gasteiger partial charge in [0, 0.05) is 14.2 Å². The molecule has 1 aliphatic rings. The first-order valence-electron chi connectivity index (χ1n) is 7.12. The summed E-state index contributed by atoms with van der Waals surface area (Å²) in [5, 5.41) is 2.99. The van der Waals surface area contributed by atoms with Crippen LogP contribution in [0.1, 0.15) is 8.35 Å². The number of nitrogens with one attached hydrogen (secondary N) is 2. The monoisotopic (exact) mass is 296 g/mol. The molecular formula is C15H16N6O. The largest absolute Gasteiger partial charge is 0.360 e. The zero-order valence-electron chi connectivity index (χ0n) is 12.0. The highest BCUT2D eigenvalue weighted by Gasteiger charge is 2.25. The minimum Gasteiger partial charge on any atom is -0.360 e. The molecule has 112 valence electrons. The van der Waals surface area contributed by atoms with Crippen molar-refractivity contribution in [1.82, 2.24) is 19.9 Å². The first kappa shape index (κ1) is 12.8. The van der Waals surface area contributed by atoms with E-state index in [-0.39, 0.29) is 13.9 Å². The lowest BCUT2D eigenvalue weighted by Crippen LogP contribution is -2.40. The maximum Gasteiger partial charge on any atom is 0.247 e. The fourth-order valence-electron chi connectivity index (χ4n) is 2.59. The second kappa shape index (κ2) is 4.80. The molecule has 3 aromatic heterocycles. The van der Waals surface area contributed by atoms with E-state index in [0.717, 1.165) is 16.7 Å². The van der Waals surface area contributed by atoms with E-state index in [1.165, 1.54) is 0 Å². The van der Waals surface area contributed by atoms with E-state index in [2.05, 4.69) is 25.3 Å². The second-order valence-corrected chi connectivity index (χ2v) is 5.03. The molecule has 0 fully saturated rings. The van der Waals surface area contributed by atoms with Gasteiger partial charge in [-0.3, -0.25) is 9.69 Å². The average Bonchev–Trinajstić information content (AvgIpc) is 3.01. The lowest BCUT2D eigenvalue weighted by atomic mass is 10.2. The molecule has 0 atom stereocenters. The van der Waals surface area contributed by atoms with Gasteiger partial charge in [-0.05, 0) is 25.1 Å². The number of H-pyrrole nitrogens is 1. The number of likely N-dealkylation sites (N-methyl/N-ethyl adjacent to an activating group) is 1. The predicted octanol–water partition coefficient (Wildman–Crippen LogP) is 2.04. The van der Waals surface area contributed by atoms with E-state index >= 15 is 0 Å². The summed E-state index contributed by atoms with van der Waals surface area (Å²) in [4.78, 5) is 30.2. The Labute approximate surface area is 127 Å². The van der Waals surface area contributed by atoms with Gasteiger partial charge in [0.25, 0.3) is 0 Å². The summed E-state index contributed by atoms with van der Waals surface area (Å²) in [6.07, 6.45) is 3.53. The van der Waals surface area contributed by atoms with E-state index in [4.69, 9.17) is 0 Å². The molecule has 0 aromatic carbocycles. The lowest BCUT2D eigenvalue weighted by Gasteiger charge is -2.27. The van der Waals surface area contributed by atoms with Crippen molar-refractivity contribution in [2.45, 2.75) is 6.92 Å². The van der Waals surface area contributed by atoms with E-state index in [0.29, 0.717) is 23.9 Å². The van der Waals surface area contributed by atoms with Gasteiger partial charge < -0.3 is 10.3 Å². The van der Waals surface area contributed by atoms with Gasteiger partial charge in [0.1, 0.15) is 5.69 Å². The molecule has 0 saturated heterocycles. The molecule has 4 heterocycles. The zero-order valence-corrected chi connectivity index (χ0v) is 12.0. The summed E-state index contributed by atoms with van der Waals surface area (Å²) in [6.45, 7) is 2.74. The Kier molecular flexibility index (Phi) is 2.78. The minimum atomic E-state index is -0.00417. The van der Waals surface area contributed by atoms with E-state index < -0.39 is 0 Å². The molecule has 0 aliphatic carbocycles. The number of anilines is 2. The van der Waals surface area contributed by atoms with Gasteiger partial charge in [-0.1, -0.05) is 0 Å². The molecule has 0 bridgehead atoms. The van der Waals surface area contributed by atoms with Gasteiger partial charge in [0.15, 0.2) is 11.6 Å². The third-order valence-electron chi connectivity index (χ3n) is 3.70. The highest BCUT2D eigenvalue weighted by atomic mass is 16.2. The number of carbonyl (C=O) groups is 1. The third-order valence-corrected chi connectivity index (χ3v) is 3.70. The van der Waals surface area contributed by atoms with Crippen LogP contribution in [0.3, 0.4) is 0 Å². The molecule has 1 amide bonds. The van der Waals surface area contributed by atoms with Crippen LogP contribution in [0.15, 0.2) is 30.6 Å². The summed E-state index contributed by atoms with van der Waals surface area (Å²) < 4.78 is 0. The van der Waals surface area contributed by atoms with Crippen molar-refractivity contribution in [2.75, 3.05) is 23.3 Å². The number of aromatic amines is 1. The molecule has 4 rings (SSSR count). The summed E-state index contributed by atoms with van der Waals surface area (Å²) in [7, 11) is 0. The summed E-state index contributed by atoms with van der Waals surface area (Å²) >= 11 is 0. The summed E-state index contributed by atoms with van der Waals surface area (Å²) in [5.74, 6) is 1.19. The van der Waals surface area contributed by atoms with Crippen LogP contribution in [-0.4, -0.2) is 38.9 Å². The van der Waals surface area contributed by atoms with Gasteiger partial charge in [-0.2, -0.15) is 0 Å². The first-order chi connectivity index (χ1) is 10.8. The molecule has 0 radical (unpaired) electrons. The highest BCUT2D eigenvalue weighted by Crippen LogP contribution is 2.28. The number of fused-ring (bicyclic) bond motifs is 2. The molecule has 0 saturated carbocycles. The fourth-order valence-corrected chi connectivity index (χ4v) is 2.59. The number of pyridine rings is 1. The summed E-state index contributed by atoms with van der Waals surface area (Å²) in [6, 6.07) is 5.76. The Morgan fingerprint density at radius 2 is 2.18 bits per heavy atom. The van der Waals surface area contributed by atoms with E-state index in [1.54, 1.807) is 11.1 Å². The van der Waals surface area contributed by atoms with Crippen molar-refractivity contribution < 1.29 is 6.22 Å². The Morgan fingerprint density at radius 1 is 1.27 bits per heavy atom. The standard InChI is InChI=1S/C15H14N6O.H2/c1-2-21-13(22)8-18-14-15(21)20-12(7-17-14)10-4-3-9-11(19-10)5-6-16-9;/h3-7,16H,2,8H2,1H3,(H,17,18);1H. The number of hydrogen-bond acceptors (Lipinski definition) is 5. The van der Waals surface area contributed by atoms with Crippen LogP contribution in [0, 0.1) is 0 Å². The number of amides is 1. The molecule has 0 unspecified atom stereocenters. The van der Waals surface area contributed by atoms with Crippen LogP contribution in [0.25, 0.3) is 22.4 Å². The Morgan fingerprint density at radius 3 is 3.05 bits per heavy atom. The lowest BCUT2D eigenvalue weighted by molar-refractivity contribution is -0.117. The van der Waals surface area contributed by atoms with Gasteiger partial charge in [0.2, 0.25) is 5.91 Å². The third kappa shape index (κ3) is 1.90. The number of rotatable bonds is 2.